The van der Waals surface area contributed by atoms with Crippen LogP contribution in [0.15, 0.2) is 78.0 Å². The lowest BCUT2D eigenvalue weighted by molar-refractivity contribution is -0.119. The van der Waals surface area contributed by atoms with Crippen molar-refractivity contribution in [3.63, 3.8) is 0 Å². The number of hydrogen-bond donors (Lipinski definition) is 1. The van der Waals surface area contributed by atoms with E-state index in [4.69, 9.17) is 21.1 Å². The van der Waals surface area contributed by atoms with E-state index < -0.39 is 0 Å². The summed E-state index contributed by atoms with van der Waals surface area (Å²) >= 11 is 7.44. The first kappa shape index (κ1) is 23.3. The summed E-state index contributed by atoms with van der Waals surface area (Å²) in [6, 6.07) is 22.8. The van der Waals surface area contributed by atoms with Crippen molar-refractivity contribution in [3.8, 4) is 17.2 Å². The van der Waals surface area contributed by atoms with Crippen molar-refractivity contribution in [2.24, 2.45) is 0 Å². The fourth-order valence-electron chi connectivity index (χ4n) is 3.86. The van der Waals surface area contributed by atoms with Gasteiger partial charge in [-0.15, -0.1) is 10.2 Å². The highest BCUT2D eigenvalue weighted by Gasteiger charge is 2.26. The number of thioether (sulfide) groups is 1. The van der Waals surface area contributed by atoms with E-state index in [0.717, 1.165) is 28.3 Å². The molecule has 1 amide bonds. The highest BCUT2D eigenvalue weighted by atomic mass is 35.5. The molecular weight excluding hydrogens is 484 g/mol. The van der Waals surface area contributed by atoms with Crippen molar-refractivity contribution in [2.75, 3.05) is 12.4 Å². The molecule has 1 atom stereocenters. The predicted octanol–water partition coefficient (Wildman–Crippen LogP) is 5.15. The summed E-state index contributed by atoms with van der Waals surface area (Å²) in [5.74, 6) is 2.24. The minimum absolute atomic E-state index is 0.128. The van der Waals surface area contributed by atoms with Crippen molar-refractivity contribution in [3.05, 3.63) is 94.8 Å². The van der Waals surface area contributed by atoms with Gasteiger partial charge < -0.3 is 14.8 Å². The summed E-state index contributed by atoms with van der Waals surface area (Å²) in [5.41, 5.74) is 2.83. The van der Waals surface area contributed by atoms with E-state index in [1.165, 1.54) is 11.8 Å². The Morgan fingerprint density at radius 2 is 1.94 bits per heavy atom. The standard InChI is InChI=1S/C26H23ClN4O3S/c1-17-7-5-6-10-22(17)34-15-24-29-30-26(31(24)19-8-3-2-4-9-19)35-16-25(32)28-21-14-33-23-12-11-18(27)13-20(21)23/h2-13,21H,14-16H2,1H3,(H,28,32)/t21-/m0/s1. The lowest BCUT2D eigenvalue weighted by Crippen LogP contribution is -2.30. The summed E-state index contributed by atoms with van der Waals surface area (Å²) in [5, 5.41) is 13.0. The number of halogens is 1. The van der Waals surface area contributed by atoms with Crippen LogP contribution in [0.1, 0.15) is 23.0 Å². The van der Waals surface area contributed by atoms with Crippen LogP contribution in [0.5, 0.6) is 11.5 Å². The quantitative estimate of drug-likeness (QED) is 0.333. The normalized spacial score (nSPS) is 14.3. The number of amides is 1. The van der Waals surface area contributed by atoms with Gasteiger partial charge in [-0.3, -0.25) is 9.36 Å². The Morgan fingerprint density at radius 3 is 2.77 bits per heavy atom. The van der Waals surface area contributed by atoms with Crippen molar-refractivity contribution >= 4 is 29.3 Å². The van der Waals surface area contributed by atoms with E-state index in [1.54, 1.807) is 6.07 Å². The van der Waals surface area contributed by atoms with Gasteiger partial charge in [0.1, 0.15) is 24.7 Å². The second-order valence-corrected chi connectivity index (χ2v) is 9.40. The molecule has 0 saturated carbocycles. The zero-order valence-corrected chi connectivity index (χ0v) is 20.6. The fourth-order valence-corrected chi connectivity index (χ4v) is 4.82. The monoisotopic (exact) mass is 506 g/mol. The average Bonchev–Trinajstić information content (AvgIpc) is 3.46. The number of ether oxygens (including phenoxy) is 2. The molecule has 7 nitrogen and oxygen atoms in total. The third kappa shape index (κ3) is 5.28. The summed E-state index contributed by atoms with van der Waals surface area (Å²) < 4.78 is 13.6. The third-order valence-corrected chi connectivity index (χ3v) is 6.75. The third-order valence-electron chi connectivity index (χ3n) is 5.59. The van der Waals surface area contributed by atoms with Gasteiger partial charge in [-0.2, -0.15) is 0 Å². The molecule has 35 heavy (non-hydrogen) atoms. The van der Waals surface area contributed by atoms with E-state index in [-0.39, 0.29) is 24.3 Å². The van der Waals surface area contributed by atoms with Crippen LogP contribution in [0, 0.1) is 6.92 Å². The number of benzene rings is 3. The molecule has 3 aromatic carbocycles. The highest BCUT2D eigenvalue weighted by Crippen LogP contribution is 2.34. The molecule has 5 rings (SSSR count). The summed E-state index contributed by atoms with van der Waals surface area (Å²) in [6.07, 6.45) is 0. The first-order chi connectivity index (χ1) is 17.1. The number of hydrogen-bond acceptors (Lipinski definition) is 6. The first-order valence-corrected chi connectivity index (χ1v) is 12.5. The zero-order valence-electron chi connectivity index (χ0n) is 19.0. The van der Waals surface area contributed by atoms with Gasteiger partial charge >= 0.3 is 0 Å². The molecule has 2 heterocycles. The molecule has 0 unspecified atom stereocenters. The molecule has 0 aliphatic carbocycles. The van der Waals surface area contributed by atoms with E-state index >= 15 is 0 Å². The molecule has 0 radical (unpaired) electrons. The van der Waals surface area contributed by atoms with Crippen LogP contribution in [0.2, 0.25) is 5.02 Å². The van der Waals surface area contributed by atoms with Crippen molar-refractivity contribution in [2.45, 2.75) is 24.7 Å². The average molecular weight is 507 g/mol. The zero-order chi connectivity index (χ0) is 24.2. The maximum Gasteiger partial charge on any atom is 0.231 e. The number of aromatic nitrogens is 3. The Hall–Kier alpha value is -3.49. The first-order valence-electron chi connectivity index (χ1n) is 11.1. The van der Waals surface area contributed by atoms with Crippen LogP contribution < -0.4 is 14.8 Å². The fraction of sp³-hybridized carbons (Fsp3) is 0.192. The van der Waals surface area contributed by atoms with Crippen LogP contribution in [0.3, 0.4) is 0 Å². The largest absolute Gasteiger partial charge is 0.491 e. The maximum absolute atomic E-state index is 12.8. The molecule has 0 bridgehead atoms. The number of nitrogens with one attached hydrogen (secondary N) is 1. The molecule has 0 fully saturated rings. The van der Waals surface area contributed by atoms with E-state index in [2.05, 4.69) is 15.5 Å². The van der Waals surface area contributed by atoms with Gasteiger partial charge in [0.05, 0.1) is 11.8 Å². The van der Waals surface area contributed by atoms with Gasteiger partial charge in [0.25, 0.3) is 0 Å². The topological polar surface area (TPSA) is 78.3 Å². The second kappa shape index (κ2) is 10.4. The van der Waals surface area contributed by atoms with Crippen molar-refractivity contribution in [1.29, 1.82) is 0 Å². The predicted molar refractivity (Wildman–Crippen MR) is 135 cm³/mol. The molecule has 0 saturated heterocycles. The van der Waals surface area contributed by atoms with Gasteiger partial charge in [0.15, 0.2) is 11.0 Å². The Labute approximate surface area is 212 Å². The second-order valence-electron chi connectivity index (χ2n) is 8.03. The van der Waals surface area contributed by atoms with Crippen LogP contribution in [0.25, 0.3) is 5.69 Å². The summed E-state index contributed by atoms with van der Waals surface area (Å²) in [7, 11) is 0. The number of carbonyl (C=O) groups excluding carboxylic acids is 1. The van der Waals surface area contributed by atoms with E-state index in [9.17, 15) is 4.79 Å². The van der Waals surface area contributed by atoms with Crippen LogP contribution in [-0.2, 0) is 11.4 Å². The Morgan fingerprint density at radius 1 is 1.14 bits per heavy atom. The number of carbonyl (C=O) groups is 1. The number of aryl methyl sites for hydroxylation is 1. The summed E-state index contributed by atoms with van der Waals surface area (Å²) in [6.45, 7) is 2.63. The SMILES string of the molecule is Cc1ccccc1OCc1nnc(SCC(=O)N[C@H]2COc3ccc(Cl)cc32)n1-c1ccccc1. The lowest BCUT2D eigenvalue weighted by atomic mass is 10.1. The number of rotatable bonds is 8. The molecule has 1 aliphatic heterocycles. The highest BCUT2D eigenvalue weighted by molar-refractivity contribution is 7.99. The molecule has 9 heteroatoms. The van der Waals surface area contributed by atoms with Crippen molar-refractivity contribution < 1.29 is 14.3 Å². The smallest absolute Gasteiger partial charge is 0.231 e. The number of para-hydroxylation sites is 2. The molecule has 0 spiro atoms. The van der Waals surface area contributed by atoms with Crippen LogP contribution in [0.4, 0.5) is 0 Å². The molecule has 4 aromatic rings. The molecule has 1 aliphatic rings. The minimum Gasteiger partial charge on any atom is -0.491 e. The molecule has 1 aromatic heterocycles. The Kier molecular flexibility index (Phi) is 6.92. The van der Waals surface area contributed by atoms with E-state index in [1.807, 2.05) is 78.2 Å². The molecule has 1 N–H and O–H groups in total. The van der Waals surface area contributed by atoms with Gasteiger partial charge in [-0.25, -0.2) is 0 Å². The van der Waals surface area contributed by atoms with Gasteiger partial charge in [-0.05, 0) is 48.9 Å². The van der Waals surface area contributed by atoms with Crippen LogP contribution in [-0.4, -0.2) is 33.0 Å². The van der Waals surface area contributed by atoms with Gasteiger partial charge in [-0.1, -0.05) is 59.8 Å². The Bertz CT molecular complexity index is 1350. The summed E-state index contributed by atoms with van der Waals surface area (Å²) in [4.78, 5) is 12.8. The van der Waals surface area contributed by atoms with Gasteiger partial charge in [0.2, 0.25) is 5.91 Å². The van der Waals surface area contributed by atoms with Crippen molar-refractivity contribution in [1.82, 2.24) is 20.1 Å². The number of nitrogens with zero attached hydrogens (tertiary/aromatic N) is 3. The minimum atomic E-state index is -0.234. The number of fused-ring (bicyclic) bond motifs is 1. The maximum atomic E-state index is 12.8. The molecule has 178 valence electrons. The van der Waals surface area contributed by atoms with E-state index in [0.29, 0.717) is 22.6 Å². The Balaban J connectivity index is 1.29. The van der Waals surface area contributed by atoms with Crippen LogP contribution >= 0.6 is 23.4 Å². The lowest BCUT2D eigenvalue weighted by Gasteiger charge is -2.13. The van der Waals surface area contributed by atoms with Gasteiger partial charge in [0, 0.05) is 16.3 Å². The molecular formula is C26H23ClN4O3S.